The third-order valence-corrected chi connectivity index (χ3v) is 4.35. The Hall–Kier alpha value is 0. The van der Waals surface area contributed by atoms with Crippen molar-refractivity contribution in [2.75, 3.05) is 0 Å². The Morgan fingerprint density at radius 1 is 0.833 bits per heavy atom. The van der Waals surface area contributed by atoms with Crippen LogP contribution in [0.5, 0.6) is 0 Å². The number of hydrogen-bond acceptors (Lipinski definition) is 0. The molecular weight excluding hydrogens is 144 g/mol. The van der Waals surface area contributed by atoms with E-state index in [-0.39, 0.29) is 0 Å². The Morgan fingerprint density at radius 3 is 1.25 bits per heavy atom. The van der Waals surface area contributed by atoms with E-state index < -0.39 is 0 Å². The molecule has 1 unspecified atom stereocenters. The molecule has 73 valence electrons. The molecular formula is C12H25. The summed E-state index contributed by atoms with van der Waals surface area (Å²) in [6.45, 7) is 15.8. The van der Waals surface area contributed by atoms with Gasteiger partial charge in [-0.1, -0.05) is 60.8 Å². The van der Waals surface area contributed by atoms with Crippen LogP contribution in [0.15, 0.2) is 0 Å². The lowest BCUT2D eigenvalue weighted by Gasteiger charge is -2.45. The lowest BCUT2D eigenvalue weighted by atomic mass is 9.60. The van der Waals surface area contributed by atoms with Crippen LogP contribution in [0.1, 0.15) is 60.3 Å². The van der Waals surface area contributed by atoms with Crippen molar-refractivity contribution < 1.29 is 0 Å². The average Bonchev–Trinajstić information content (AvgIpc) is 2.15. The van der Waals surface area contributed by atoms with Gasteiger partial charge in [0.05, 0.1) is 0 Å². The molecule has 0 aliphatic carbocycles. The van der Waals surface area contributed by atoms with Gasteiger partial charge in [-0.3, -0.25) is 0 Å². The molecule has 1 atom stereocenters. The second-order valence-corrected chi connectivity index (χ2v) is 4.43. The van der Waals surface area contributed by atoms with E-state index in [1.165, 1.54) is 19.3 Å². The standard InChI is InChI=1S/C12H25/c1-7-11(5,8-2)12(6,9-3)10-4/h1,7-10H2,2-6H3. The fraction of sp³-hybridized carbons (Fsp3) is 0.917. The second kappa shape index (κ2) is 4.30. The van der Waals surface area contributed by atoms with Crippen molar-refractivity contribution in [1.29, 1.82) is 0 Å². The first kappa shape index (κ1) is 12.0. The first-order valence-electron chi connectivity index (χ1n) is 5.29. The highest BCUT2D eigenvalue weighted by molar-refractivity contribution is 4.90. The predicted octanol–water partition coefficient (Wildman–Crippen LogP) is 4.45. The van der Waals surface area contributed by atoms with Crippen molar-refractivity contribution >= 4 is 0 Å². The maximum Gasteiger partial charge on any atom is -0.0275 e. The maximum absolute atomic E-state index is 4.09. The molecule has 0 N–H and O–H groups in total. The normalized spacial score (nSPS) is 13.5. The molecule has 0 rings (SSSR count). The highest BCUT2D eigenvalue weighted by Crippen LogP contribution is 2.48. The molecule has 0 aromatic rings. The van der Waals surface area contributed by atoms with E-state index in [0.29, 0.717) is 10.8 Å². The Kier molecular flexibility index (Phi) is 4.30. The zero-order chi connectivity index (χ0) is 9.83. The molecule has 0 aromatic heterocycles. The SMILES string of the molecule is [CH2]CC(C)(CC)C(C)(CC)CC. The van der Waals surface area contributed by atoms with Crippen molar-refractivity contribution in [3.05, 3.63) is 6.92 Å². The van der Waals surface area contributed by atoms with Crippen molar-refractivity contribution in [2.45, 2.75) is 60.3 Å². The van der Waals surface area contributed by atoms with E-state index in [9.17, 15) is 0 Å². The summed E-state index contributed by atoms with van der Waals surface area (Å²) in [6.07, 6.45) is 4.84. The van der Waals surface area contributed by atoms with Crippen molar-refractivity contribution in [1.82, 2.24) is 0 Å². The van der Waals surface area contributed by atoms with Crippen LogP contribution in [0, 0.1) is 17.8 Å². The highest BCUT2D eigenvalue weighted by atomic mass is 14.4. The molecule has 0 amide bonds. The van der Waals surface area contributed by atoms with Crippen LogP contribution in [0.4, 0.5) is 0 Å². The van der Waals surface area contributed by atoms with Crippen molar-refractivity contribution in [3.63, 3.8) is 0 Å². The van der Waals surface area contributed by atoms with Gasteiger partial charge < -0.3 is 0 Å². The summed E-state index contributed by atoms with van der Waals surface area (Å²) in [5.41, 5.74) is 0.903. The fourth-order valence-electron chi connectivity index (χ4n) is 2.01. The molecule has 0 fully saturated rings. The maximum atomic E-state index is 4.09. The number of hydrogen-bond donors (Lipinski definition) is 0. The van der Waals surface area contributed by atoms with Crippen LogP contribution in [0.25, 0.3) is 0 Å². The van der Waals surface area contributed by atoms with Crippen molar-refractivity contribution in [2.24, 2.45) is 10.8 Å². The van der Waals surface area contributed by atoms with E-state index >= 15 is 0 Å². The quantitative estimate of drug-likeness (QED) is 0.570. The fourth-order valence-corrected chi connectivity index (χ4v) is 2.01. The van der Waals surface area contributed by atoms with Gasteiger partial charge in [0.25, 0.3) is 0 Å². The third-order valence-electron chi connectivity index (χ3n) is 4.35. The minimum Gasteiger partial charge on any atom is -0.0648 e. The number of rotatable bonds is 5. The Labute approximate surface area is 78.8 Å². The molecule has 0 aliphatic heterocycles. The van der Waals surface area contributed by atoms with Gasteiger partial charge in [-0.2, -0.15) is 0 Å². The lowest BCUT2D eigenvalue weighted by Crippen LogP contribution is -2.35. The summed E-state index contributed by atoms with van der Waals surface area (Å²) >= 11 is 0. The van der Waals surface area contributed by atoms with Gasteiger partial charge in [0.1, 0.15) is 0 Å². The van der Waals surface area contributed by atoms with E-state index in [2.05, 4.69) is 41.5 Å². The van der Waals surface area contributed by atoms with Gasteiger partial charge in [-0.15, -0.1) is 0 Å². The molecule has 1 radical (unpaired) electrons. The molecule has 0 heteroatoms. The van der Waals surface area contributed by atoms with E-state index in [4.69, 9.17) is 0 Å². The summed E-state index contributed by atoms with van der Waals surface area (Å²) in [5.74, 6) is 0. The first-order valence-corrected chi connectivity index (χ1v) is 5.29. The van der Waals surface area contributed by atoms with Crippen LogP contribution in [0.3, 0.4) is 0 Å². The summed E-state index contributed by atoms with van der Waals surface area (Å²) in [4.78, 5) is 0. The van der Waals surface area contributed by atoms with Crippen molar-refractivity contribution in [3.8, 4) is 0 Å². The second-order valence-electron chi connectivity index (χ2n) is 4.43. The summed E-state index contributed by atoms with van der Waals surface area (Å²) in [6, 6.07) is 0. The van der Waals surface area contributed by atoms with Gasteiger partial charge in [0.15, 0.2) is 0 Å². The van der Waals surface area contributed by atoms with Crippen LogP contribution in [0.2, 0.25) is 0 Å². The molecule has 0 saturated heterocycles. The Balaban J connectivity index is 4.66. The molecule has 0 aromatic carbocycles. The van der Waals surface area contributed by atoms with Gasteiger partial charge in [0, 0.05) is 0 Å². The van der Waals surface area contributed by atoms with Crippen LogP contribution < -0.4 is 0 Å². The smallest absolute Gasteiger partial charge is 0.0275 e. The van der Waals surface area contributed by atoms with E-state index in [0.717, 1.165) is 6.42 Å². The molecule has 0 nitrogen and oxygen atoms in total. The summed E-state index contributed by atoms with van der Waals surface area (Å²) in [5, 5.41) is 0. The Morgan fingerprint density at radius 2 is 1.17 bits per heavy atom. The monoisotopic (exact) mass is 169 g/mol. The highest BCUT2D eigenvalue weighted by Gasteiger charge is 2.38. The third kappa shape index (κ3) is 1.84. The molecule has 0 saturated carbocycles. The summed E-state index contributed by atoms with van der Waals surface area (Å²) in [7, 11) is 0. The molecule has 0 heterocycles. The van der Waals surface area contributed by atoms with Gasteiger partial charge in [-0.25, -0.2) is 0 Å². The average molecular weight is 169 g/mol. The van der Waals surface area contributed by atoms with Crippen LogP contribution in [-0.2, 0) is 0 Å². The lowest BCUT2D eigenvalue weighted by molar-refractivity contribution is 0.0562. The van der Waals surface area contributed by atoms with E-state index in [1.807, 2.05) is 0 Å². The Bertz CT molecular complexity index is 100. The molecule has 0 bridgehead atoms. The van der Waals surface area contributed by atoms with Gasteiger partial charge in [0.2, 0.25) is 0 Å². The van der Waals surface area contributed by atoms with Crippen LogP contribution in [-0.4, -0.2) is 0 Å². The minimum absolute atomic E-state index is 0.427. The molecule has 0 spiro atoms. The zero-order valence-corrected chi connectivity index (χ0v) is 9.54. The van der Waals surface area contributed by atoms with Gasteiger partial charge >= 0.3 is 0 Å². The first-order chi connectivity index (χ1) is 5.49. The summed E-state index contributed by atoms with van der Waals surface area (Å²) < 4.78 is 0. The zero-order valence-electron chi connectivity index (χ0n) is 9.54. The molecule has 0 aliphatic rings. The van der Waals surface area contributed by atoms with E-state index in [1.54, 1.807) is 0 Å². The minimum atomic E-state index is 0.427. The largest absolute Gasteiger partial charge is 0.0648 e. The van der Waals surface area contributed by atoms with Crippen LogP contribution >= 0.6 is 0 Å². The van der Waals surface area contributed by atoms with Gasteiger partial charge in [-0.05, 0) is 17.3 Å². The molecule has 12 heavy (non-hydrogen) atoms. The topological polar surface area (TPSA) is 0 Å². The predicted molar refractivity (Wildman–Crippen MR) is 57.1 cm³/mol.